The predicted molar refractivity (Wildman–Crippen MR) is 53.0 cm³/mol. The molecule has 0 aliphatic heterocycles. The van der Waals surface area contributed by atoms with Gasteiger partial charge in [0.1, 0.15) is 0 Å². The third-order valence-corrected chi connectivity index (χ3v) is 2.21. The minimum atomic E-state index is -4.66. The van der Waals surface area contributed by atoms with Gasteiger partial charge in [-0.05, 0) is 6.92 Å². The summed E-state index contributed by atoms with van der Waals surface area (Å²) in [5.41, 5.74) is 0. The van der Waals surface area contributed by atoms with E-state index in [1.165, 1.54) is 0 Å². The van der Waals surface area contributed by atoms with Crippen molar-refractivity contribution in [2.45, 2.75) is 18.5 Å². The van der Waals surface area contributed by atoms with E-state index in [1.807, 2.05) is 0 Å². The zero-order valence-corrected chi connectivity index (χ0v) is 10.0. The molecule has 0 amide bonds. The third kappa shape index (κ3) is 5.36. The van der Waals surface area contributed by atoms with Gasteiger partial charge < -0.3 is 9.15 Å². The number of hydrogen-bond acceptors (Lipinski definition) is 7. The number of aromatic nitrogens is 2. The van der Waals surface area contributed by atoms with Gasteiger partial charge >= 0.3 is 18.2 Å². The molecule has 0 atom stereocenters. The van der Waals surface area contributed by atoms with E-state index < -0.39 is 18.9 Å². The lowest BCUT2D eigenvalue weighted by Gasteiger charge is -2.05. The molecule has 6 nitrogen and oxygen atoms in total. The van der Waals surface area contributed by atoms with Crippen molar-refractivity contribution < 1.29 is 31.9 Å². The molecule has 0 aromatic carbocycles. The minimum absolute atomic E-state index is 0.0242. The van der Waals surface area contributed by atoms with E-state index in [4.69, 9.17) is 4.42 Å². The molecule has 0 N–H and O–H groups in total. The summed E-state index contributed by atoms with van der Waals surface area (Å²) in [5.74, 6) is -1.15. The second-order valence-corrected chi connectivity index (χ2v) is 3.78. The van der Waals surface area contributed by atoms with Crippen molar-refractivity contribution in [3.63, 3.8) is 0 Å². The van der Waals surface area contributed by atoms with E-state index in [2.05, 4.69) is 19.7 Å². The Morgan fingerprint density at radius 1 is 1.44 bits per heavy atom. The number of halogens is 3. The molecule has 0 fully saturated rings. The number of ether oxygens (including phenoxy) is 2. The molecule has 1 aromatic rings. The van der Waals surface area contributed by atoms with E-state index >= 15 is 0 Å². The van der Waals surface area contributed by atoms with Crippen molar-refractivity contribution in [2.24, 2.45) is 0 Å². The molecule has 18 heavy (non-hydrogen) atoms. The van der Waals surface area contributed by atoms with Crippen LogP contribution in [0.3, 0.4) is 0 Å². The lowest BCUT2D eigenvalue weighted by molar-refractivity contribution is -0.322. The van der Waals surface area contributed by atoms with Gasteiger partial charge in [0.25, 0.3) is 5.22 Å². The second-order valence-electron chi connectivity index (χ2n) is 2.74. The maximum atomic E-state index is 11.6. The van der Waals surface area contributed by atoms with Gasteiger partial charge in [-0.1, -0.05) is 16.9 Å². The fourth-order valence-corrected chi connectivity index (χ4v) is 1.41. The van der Waals surface area contributed by atoms with Gasteiger partial charge in [-0.25, -0.2) is 4.79 Å². The van der Waals surface area contributed by atoms with Gasteiger partial charge in [-0.15, -0.1) is 18.3 Å². The van der Waals surface area contributed by atoms with Crippen molar-refractivity contribution in [2.75, 3.05) is 19.0 Å². The molecule has 0 spiro atoms. The molecular formula is C8H9F3N2O4S. The standard InChI is InChI=1S/C8H9F3N2O4S/c1-2-15-6(14)5-12-13-7(17-5)18-4-3-16-8(9,10)11/h2-4H2,1H3. The first-order valence-electron chi connectivity index (χ1n) is 4.76. The van der Waals surface area contributed by atoms with Crippen LogP contribution < -0.4 is 0 Å². The summed E-state index contributed by atoms with van der Waals surface area (Å²) in [5, 5.41) is 6.83. The lowest BCUT2D eigenvalue weighted by atomic mass is 10.7. The van der Waals surface area contributed by atoms with E-state index in [0.29, 0.717) is 0 Å². The predicted octanol–water partition coefficient (Wildman–Crippen LogP) is 1.87. The molecule has 0 aliphatic carbocycles. The number of thioether (sulfide) groups is 1. The van der Waals surface area contributed by atoms with Crippen LogP contribution in [-0.4, -0.2) is 41.5 Å². The summed E-state index contributed by atoms with van der Waals surface area (Å²) in [6.45, 7) is 1.22. The quantitative estimate of drug-likeness (QED) is 0.449. The summed E-state index contributed by atoms with van der Waals surface area (Å²) >= 11 is 0.844. The van der Waals surface area contributed by atoms with Crippen molar-refractivity contribution >= 4 is 17.7 Å². The second kappa shape index (κ2) is 6.59. The molecule has 0 radical (unpaired) electrons. The van der Waals surface area contributed by atoms with E-state index in [0.717, 1.165) is 11.8 Å². The highest BCUT2D eigenvalue weighted by Crippen LogP contribution is 2.19. The Hall–Kier alpha value is -1.29. The molecule has 0 aliphatic rings. The third-order valence-electron chi connectivity index (χ3n) is 1.43. The van der Waals surface area contributed by atoms with Crippen LogP contribution in [0.2, 0.25) is 0 Å². The summed E-state index contributed by atoms with van der Waals surface area (Å²) in [6, 6.07) is 0. The molecule has 0 unspecified atom stereocenters. The first kappa shape index (κ1) is 14.8. The fraction of sp³-hybridized carbons (Fsp3) is 0.625. The number of hydrogen-bond donors (Lipinski definition) is 0. The average Bonchev–Trinajstić information content (AvgIpc) is 2.72. The lowest BCUT2D eigenvalue weighted by Crippen LogP contribution is -2.15. The van der Waals surface area contributed by atoms with E-state index in [1.54, 1.807) is 6.92 Å². The number of rotatable bonds is 6. The SMILES string of the molecule is CCOC(=O)c1nnc(SCCOC(F)(F)F)o1. The fourth-order valence-electron chi connectivity index (χ4n) is 0.830. The first-order valence-corrected chi connectivity index (χ1v) is 5.75. The van der Waals surface area contributed by atoms with Crippen molar-refractivity contribution in [1.82, 2.24) is 10.2 Å². The van der Waals surface area contributed by atoms with Crippen LogP contribution in [0.15, 0.2) is 9.64 Å². The largest absolute Gasteiger partial charge is 0.522 e. The van der Waals surface area contributed by atoms with Crippen LogP contribution in [0.1, 0.15) is 17.6 Å². The van der Waals surface area contributed by atoms with Crippen LogP contribution in [0.25, 0.3) is 0 Å². The molecule has 102 valence electrons. The molecule has 0 bridgehead atoms. The zero-order valence-electron chi connectivity index (χ0n) is 9.19. The molecule has 1 aromatic heterocycles. The Morgan fingerprint density at radius 2 is 2.17 bits per heavy atom. The summed E-state index contributed by atoms with van der Waals surface area (Å²) in [6.07, 6.45) is -4.66. The highest BCUT2D eigenvalue weighted by Gasteiger charge is 2.28. The van der Waals surface area contributed by atoms with E-state index in [9.17, 15) is 18.0 Å². The van der Waals surface area contributed by atoms with Crippen molar-refractivity contribution in [3.05, 3.63) is 5.89 Å². The Kier molecular flexibility index (Phi) is 5.41. The maximum absolute atomic E-state index is 11.6. The van der Waals surface area contributed by atoms with Gasteiger partial charge in [0.2, 0.25) is 0 Å². The normalized spacial score (nSPS) is 11.6. The van der Waals surface area contributed by atoms with Crippen LogP contribution >= 0.6 is 11.8 Å². The smallest absolute Gasteiger partial charge is 0.459 e. The van der Waals surface area contributed by atoms with Crippen LogP contribution in [0.5, 0.6) is 0 Å². The molecule has 0 saturated carbocycles. The van der Waals surface area contributed by atoms with Gasteiger partial charge in [0, 0.05) is 5.75 Å². The monoisotopic (exact) mass is 286 g/mol. The Balaban J connectivity index is 2.33. The van der Waals surface area contributed by atoms with Gasteiger partial charge in [0.15, 0.2) is 0 Å². The van der Waals surface area contributed by atoms with E-state index in [-0.39, 0.29) is 23.5 Å². The topological polar surface area (TPSA) is 74.5 Å². The Morgan fingerprint density at radius 3 is 2.78 bits per heavy atom. The van der Waals surface area contributed by atoms with Crippen LogP contribution in [-0.2, 0) is 9.47 Å². The van der Waals surface area contributed by atoms with Crippen molar-refractivity contribution in [3.8, 4) is 0 Å². The average molecular weight is 286 g/mol. The number of nitrogens with zero attached hydrogens (tertiary/aromatic N) is 2. The molecule has 0 saturated heterocycles. The number of carbonyl (C=O) groups excluding carboxylic acids is 1. The number of alkyl halides is 3. The first-order chi connectivity index (χ1) is 8.42. The summed E-state index contributed by atoms with van der Waals surface area (Å²) in [4.78, 5) is 11.1. The minimum Gasteiger partial charge on any atom is -0.459 e. The highest BCUT2D eigenvalue weighted by atomic mass is 32.2. The summed E-state index contributed by atoms with van der Waals surface area (Å²) < 4.78 is 47.9. The van der Waals surface area contributed by atoms with Gasteiger partial charge in [-0.3, -0.25) is 4.74 Å². The molecular weight excluding hydrogens is 277 g/mol. The Bertz CT molecular complexity index is 396. The van der Waals surface area contributed by atoms with Gasteiger partial charge in [-0.2, -0.15) is 0 Å². The summed E-state index contributed by atoms with van der Waals surface area (Å²) in [7, 11) is 0. The highest BCUT2D eigenvalue weighted by molar-refractivity contribution is 7.99. The molecule has 1 heterocycles. The van der Waals surface area contributed by atoms with Crippen molar-refractivity contribution in [1.29, 1.82) is 0 Å². The number of carbonyl (C=O) groups is 1. The van der Waals surface area contributed by atoms with Gasteiger partial charge in [0.05, 0.1) is 13.2 Å². The van der Waals surface area contributed by atoms with Crippen LogP contribution in [0.4, 0.5) is 13.2 Å². The molecule has 10 heteroatoms. The maximum Gasteiger partial charge on any atom is 0.522 e. The molecule has 1 rings (SSSR count). The van der Waals surface area contributed by atoms with Crippen LogP contribution in [0, 0.1) is 0 Å². The number of esters is 1. The Labute approximate surface area is 104 Å². The zero-order chi connectivity index (χ0) is 13.6.